The molecule has 1 aromatic carbocycles. The Hall–Kier alpha value is -0.500. The molecule has 92 valence electrons. The third kappa shape index (κ3) is 1.25. The van der Waals surface area contributed by atoms with Crippen molar-refractivity contribution in [1.29, 1.82) is 0 Å². The molecule has 0 radical (unpaired) electrons. The van der Waals surface area contributed by atoms with Gasteiger partial charge in [0.1, 0.15) is 11.4 Å². The number of hydrogen-bond donors (Lipinski definition) is 0. The molecule has 2 aliphatic rings. The number of hydrogen-bond acceptors (Lipinski definition) is 1. The van der Waals surface area contributed by atoms with Gasteiger partial charge in [-0.1, -0.05) is 29.8 Å². The zero-order valence-electron chi connectivity index (χ0n) is 10.9. The van der Waals surface area contributed by atoms with Crippen LogP contribution < -0.4 is 4.74 Å². The lowest BCUT2D eigenvalue weighted by Crippen LogP contribution is -2.46. The van der Waals surface area contributed by atoms with E-state index in [9.17, 15) is 0 Å². The molecule has 3 atom stereocenters. The molecule has 0 unspecified atom stereocenters. The van der Waals surface area contributed by atoms with E-state index < -0.39 is 0 Å². The minimum Gasteiger partial charge on any atom is -0.486 e. The van der Waals surface area contributed by atoms with Gasteiger partial charge in [-0.2, -0.15) is 0 Å². The predicted molar refractivity (Wildman–Crippen MR) is 73.7 cm³/mol. The van der Waals surface area contributed by atoms with E-state index in [0.717, 1.165) is 5.75 Å². The van der Waals surface area contributed by atoms with Gasteiger partial charge >= 0.3 is 0 Å². The molecule has 0 saturated heterocycles. The van der Waals surface area contributed by atoms with E-state index in [4.69, 9.17) is 4.74 Å². The van der Waals surface area contributed by atoms with Gasteiger partial charge in [0.25, 0.3) is 0 Å². The first-order chi connectivity index (χ1) is 7.88. The van der Waals surface area contributed by atoms with Crippen molar-refractivity contribution in [2.75, 3.05) is 0 Å². The van der Waals surface area contributed by atoms with Gasteiger partial charge in [-0.05, 0) is 50.3 Å². The van der Waals surface area contributed by atoms with Gasteiger partial charge < -0.3 is 4.74 Å². The van der Waals surface area contributed by atoms with Gasteiger partial charge in [0, 0.05) is 15.5 Å². The molecule has 1 nitrogen and oxygen atoms in total. The maximum absolute atomic E-state index is 6.35. The zero-order valence-corrected chi connectivity index (χ0v) is 12.5. The van der Waals surface area contributed by atoms with Crippen molar-refractivity contribution in [3.8, 4) is 5.75 Å². The number of ether oxygens (including phenoxy) is 1. The molecule has 2 heteroatoms. The minimum atomic E-state index is -0.0252. The molecule has 0 N–H and O–H groups in total. The van der Waals surface area contributed by atoms with Crippen molar-refractivity contribution < 1.29 is 4.74 Å². The van der Waals surface area contributed by atoms with Crippen molar-refractivity contribution in [1.82, 2.24) is 0 Å². The summed E-state index contributed by atoms with van der Waals surface area (Å²) in [6.45, 7) is 9.09. The van der Waals surface area contributed by atoms with Gasteiger partial charge in [-0.15, -0.1) is 0 Å². The Morgan fingerprint density at radius 3 is 2.76 bits per heavy atom. The molecule has 17 heavy (non-hydrogen) atoms. The van der Waals surface area contributed by atoms with Crippen LogP contribution in [0.4, 0.5) is 0 Å². The second kappa shape index (κ2) is 3.28. The van der Waals surface area contributed by atoms with Gasteiger partial charge in [-0.3, -0.25) is 0 Å². The molecule has 0 aromatic heterocycles. The Kier molecular flexibility index (Phi) is 2.24. The van der Waals surface area contributed by atoms with Crippen LogP contribution in [0.3, 0.4) is 0 Å². The van der Waals surface area contributed by atoms with Crippen LogP contribution in [0.15, 0.2) is 16.6 Å². The molecular weight excluding hydrogens is 276 g/mol. The van der Waals surface area contributed by atoms with E-state index in [-0.39, 0.29) is 11.0 Å². The van der Waals surface area contributed by atoms with Crippen LogP contribution in [-0.4, -0.2) is 5.60 Å². The summed E-state index contributed by atoms with van der Waals surface area (Å²) in [7, 11) is 0. The monoisotopic (exact) mass is 294 g/mol. The molecule has 1 fully saturated rings. The lowest BCUT2D eigenvalue weighted by molar-refractivity contribution is 0.0306. The van der Waals surface area contributed by atoms with Crippen molar-refractivity contribution in [2.45, 2.75) is 51.6 Å². The number of rotatable bonds is 0. The summed E-state index contributed by atoms with van der Waals surface area (Å²) in [6, 6.07) is 4.45. The largest absolute Gasteiger partial charge is 0.486 e. The second-order valence-corrected chi connectivity index (χ2v) is 6.93. The van der Waals surface area contributed by atoms with Crippen LogP contribution in [0.5, 0.6) is 5.75 Å². The highest BCUT2D eigenvalue weighted by atomic mass is 79.9. The number of benzene rings is 1. The van der Waals surface area contributed by atoms with Crippen LogP contribution in [0.1, 0.15) is 44.7 Å². The molecule has 1 saturated carbocycles. The lowest BCUT2D eigenvalue weighted by Gasteiger charge is -2.36. The first kappa shape index (κ1) is 11.6. The Balaban J connectivity index is 2.22. The SMILES string of the molecule is Cc1cc2c(cc1Br)[C@]1(C)CC[C@H](C)[C@]1(C)O2. The third-order valence-electron chi connectivity index (χ3n) is 5.29. The van der Waals surface area contributed by atoms with Crippen LogP contribution in [-0.2, 0) is 5.41 Å². The molecule has 1 aliphatic carbocycles. The first-order valence-electron chi connectivity index (χ1n) is 6.38. The summed E-state index contributed by atoms with van der Waals surface area (Å²) < 4.78 is 7.55. The molecule has 0 spiro atoms. The maximum Gasteiger partial charge on any atom is 0.124 e. The molecule has 0 bridgehead atoms. The third-order valence-corrected chi connectivity index (χ3v) is 6.14. The van der Waals surface area contributed by atoms with E-state index >= 15 is 0 Å². The Labute approximate surface area is 112 Å². The highest BCUT2D eigenvalue weighted by molar-refractivity contribution is 9.10. The Bertz CT molecular complexity index is 496. The highest BCUT2D eigenvalue weighted by Crippen LogP contribution is 2.60. The minimum absolute atomic E-state index is 0.0252. The van der Waals surface area contributed by atoms with Crippen molar-refractivity contribution in [3.05, 3.63) is 27.7 Å². The van der Waals surface area contributed by atoms with E-state index in [2.05, 4.69) is 55.8 Å². The molecule has 1 heterocycles. The van der Waals surface area contributed by atoms with Crippen LogP contribution in [0.25, 0.3) is 0 Å². The quantitative estimate of drug-likeness (QED) is 0.680. The fourth-order valence-electron chi connectivity index (χ4n) is 3.59. The van der Waals surface area contributed by atoms with Crippen molar-refractivity contribution in [3.63, 3.8) is 0 Å². The molecule has 0 amide bonds. The Morgan fingerprint density at radius 2 is 2.06 bits per heavy atom. The van der Waals surface area contributed by atoms with Crippen LogP contribution in [0.2, 0.25) is 0 Å². The average molecular weight is 295 g/mol. The van der Waals surface area contributed by atoms with Gasteiger partial charge in [0.15, 0.2) is 0 Å². The molecule has 1 aliphatic heterocycles. The molecular formula is C15H19BrO. The maximum atomic E-state index is 6.35. The second-order valence-electron chi connectivity index (χ2n) is 6.08. The smallest absolute Gasteiger partial charge is 0.124 e. The summed E-state index contributed by atoms with van der Waals surface area (Å²) in [5.41, 5.74) is 2.80. The fraction of sp³-hybridized carbons (Fsp3) is 0.600. The van der Waals surface area contributed by atoms with E-state index in [1.165, 1.54) is 28.4 Å². The fourth-order valence-corrected chi connectivity index (χ4v) is 3.93. The number of aryl methyl sites for hydroxylation is 1. The topological polar surface area (TPSA) is 9.23 Å². The summed E-state index contributed by atoms with van der Waals surface area (Å²) in [5.74, 6) is 1.72. The lowest BCUT2D eigenvalue weighted by atomic mass is 9.71. The predicted octanol–water partition coefficient (Wildman–Crippen LogP) is 4.60. The average Bonchev–Trinajstić information content (AvgIpc) is 2.61. The van der Waals surface area contributed by atoms with Crippen molar-refractivity contribution >= 4 is 15.9 Å². The summed E-state index contributed by atoms with van der Waals surface area (Å²) in [5, 5.41) is 0. The number of halogens is 1. The summed E-state index contributed by atoms with van der Waals surface area (Å²) in [4.78, 5) is 0. The van der Waals surface area contributed by atoms with Crippen LogP contribution in [0, 0.1) is 12.8 Å². The van der Waals surface area contributed by atoms with Gasteiger partial charge in [0.2, 0.25) is 0 Å². The normalized spacial score (nSPS) is 38.8. The van der Waals surface area contributed by atoms with E-state index in [0.29, 0.717) is 5.92 Å². The molecule has 1 aromatic rings. The van der Waals surface area contributed by atoms with E-state index in [1.807, 2.05) is 0 Å². The van der Waals surface area contributed by atoms with Gasteiger partial charge in [0.05, 0.1) is 0 Å². The molecule has 3 rings (SSSR count). The standard InChI is InChI=1S/C15H19BrO/c1-9-7-13-11(8-12(9)16)14(3)6-5-10(2)15(14,4)17-13/h7-8,10H,5-6H2,1-4H3/t10-,14-,15-/m0/s1. The summed E-state index contributed by atoms with van der Waals surface area (Å²) >= 11 is 3.65. The summed E-state index contributed by atoms with van der Waals surface area (Å²) in [6.07, 6.45) is 2.49. The van der Waals surface area contributed by atoms with E-state index in [1.54, 1.807) is 0 Å². The van der Waals surface area contributed by atoms with Gasteiger partial charge in [-0.25, -0.2) is 0 Å². The highest BCUT2D eigenvalue weighted by Gasteiger charge is 2.60. The number of fused-ring (bicyclic) bond motifs is 3. The Morgan fingerprint density at radius 1 is 1.35 bits per heavy atom. The zero-order chi connectivity index (χ0) is 12.4. The first-order valence-corrected chi connectivity index (χ1v) is 7.17. The van der Waals surface area contributed by atoms with Crippen LogP contribution >= 0.6 is 15.9 Å². The van der Waals surface area contributed by atoms with Crippen molar-refractivity contribution in [2.24, 2.45) is 5.92 Å².